The minimum Gasteiger partial charge on any atom is -0.493 e. The van der Waals surface area contributed by atoms with Gasteiger partial charge in [-0.1, -0.05) is 12.1 Å². The maximum atomic E-state index is 13.1. The van der Waals surface area contributed by atoms with Gasteiger partial charge in [0.15, 0.2) is 11.5 Å². The van der Waals surface area contributed by atoms with Crippen molar-refractivity contribution in [3.63, 3.8) is 0 Å². The number of fused-ring (bicyclic) bond motifs is 2. The Morgan fingerprint density at radius 2 is 1.97 bits per heavy atom. The molecule has 0 radical (unpaired) electrons. The largest absolute Gasteiger partial charge is 0.493 e. The summed E-state index contributed by atoms with van der Waals surface area (Å²) in [4.78, 5) is 22.5. The van der Waals surface area contributed by atoms with E-state index >= 15 is 0 Å². The third-order valence-corrected chi connectivity index (χ3v) is 6.87. The van der Waals surface area contributed by atoms with Crippen molar-refractivity contribution in [2.75, 3.05) is 12.4 Å². The maximum absolute atomic E-state index is 13.1. The van der Waals surface area contributed by atoms with Crippen molar-refractivity contribution in [1.29, 1.82) is 0 Å². The number of halogens is 2. The number of carbonyl (C=O) groups excluding carboxylic acids is 1. The highest BCUT2D eigenvalue weighted by molar-refractivity contribution is 7.17. The van der Waals surface area contributed by atoms with Gasteiger partial charge in [-0.2, -0.15) is 8.78 Å². The van der Waals surface area contributed by atoms with E-state index in [1.807, 2.05) is 24.3 Å². The minimum atomic E-state index is -3.03. The average molecular weight is 470 g/mol. The fraction of sp³-hybridized carbons (Fsp3) is 0.250. The van der Waals surface area contributed by atoms with Crippen molar-refractivity contribution >= 4 is 33.3 Å². The van der Waals surface area contributed by atoms with Gasteiger partial charge in [-0.25, -0.2) is 4.98 Å². The van der Waals surface area contributed by atoms with Gasteiger partial charge in [-0.05, 0) is 61.6 Å². The molecule has 4 aromatic rings. The molecule has 0 fully saturated rings. The summed E-state index contributed by atoms with van der Waals surface area (Å²) in [6.07, 6.45) is 4.06. The summed E-state index contributed by atoms with van der Waals surface area (Å²) in [5.74, 6) is 0.222. The average Bonchev–Trinajstić information content (AvgIpc) is 3.39. The van der Waals surface area contributed by atoms with Crippen LogP contribution in [0.2, 0.25) is 0 Å². The second-order valence-electron chi connectivity index (χ2n) is 7.72. The quantitative estimate of drug-likeness (QED) is 0.361. The van der Waals surface area contributed by atoms with E-state index in [0.29, 0.717) is 10.8 Å². The van der Waals surface area contributed by atoms with E-state index in [1.54, 1.807) is 11.3 Å². The Labute approximate surface area is 192 Å². The lowest BCUT2D eigenvalue weighted by Crippen LogP contribution is -2.13. The van der Waals surface area contributed by atoms with Crippen LogP contribution in [0.3, 0.4) is 0 Å². The molecular weight excluding hydrogens is 448 g/mol. The van der Waals surface area contributed by atoms with Crippen LogP contribution in [-0.4, -0.2) is 29.6 Å². The molecule has 9 heteroatoms. The molecule has 33 heavy (non-hydrogen) atoms. The first kappa shape index (κ1) is 21.4. The first-order valence-corrected chi connectivity index (χ1v) is 11.4. The highest BCUT2D eigenvalue weighted by Gasteiger charge is 2.25. The summed E-state index contributed by atoms with van der Waals surface area (Å²) >= 11 is 1.54. The summed E-state index contributed by atoms with van der Waals surface area (Å²) in [7, 11) is 1.35. The number of amides is 1. The molecule has 1 aliphatic carbocycles. The molecule has 2 aromatic heterocycles. The van der Waals surface area contributed by atoms with Gasteiger partial charge in [0.1, 0.15) is 10.8 Å². The molecule has 0 aliphatic heterocycles. The van der Waals surface area contributed by atoms with Gasteiger partial charge in [-0.15, -0.1) is 11.3 Å². The molecule has 170 valence electrons. The number of benzene rings is 2. The molecular formula is C24H21F2N3O3S. The second-order valence-corrected chi connectivity index (χ2v) is 8.82. The number of carbonyl (C=O) groups is 1. The van der Waals surface area contributed by atoms with Crippen LogP contribution >= 0.6 is 11.3 Å². The zero-order chi connectivity index (χ0) is 22.9. The fourth-order valence-corrected chi connectivity index (χ4v) is 5.44. The third-order valence-electron chi connectivity index (χ3n) is 5.67. The van der Waals surface area contributed by atoms with Crippen LogP contribution in [0.25, 0.3) is 22.4 Å². The second kappa shape index (κ2) is 8.82. The SMILES string of the molecule is COc1ccc(C(=O)Nc2sc3c(c2-c2nc4ccccc4[nH]2)CCCC3)cc1OC(F)F. The number of hydrogen-bond donors (Lipinski definition) is 2. The van der Waals surface area contributed by atoms with Crippen molar-refractivity contribution < 1.29 is 23.0 Å². The van der Waals surface area contributed by atoms with Crippen LogP contribution in [0.5, 0.6) is 11.5 Å². The molecule has 6 nitrogen and oxygen atoms in total. The van der Waals surface area contributed by atoms with Crippen molar-refractivity contribution in [3.05, 3.63) is 58.5 Å². The van der Waals surface area contributed by atoms with E-state index < -0.39 is 12.5 Å². The lowest BCUT2D eigenvalue weighted by atomic mass is 9.95. The van der Waals surface area contributed by atoms with Crippen molar-refractivity contribution in [2.45, 2.75) is 32.3 Å². The summed E-state index contributed by atoms with van der Waals surface area (Å²) in [5.41, 5.74) is 4.07. The summed E-state index contributed by atoms with van der Waals surface area (Å²) in [6, 6.07) is 12.0. The predicted molar refractivity (Wildman–Crippen MR) is 124 cm³/mol. The number of aryl methyl sites for hydroxylation is 1. The zero-order valence-corrected chi connectivity index (χ0v) is 18.6. The van der Waals surface area contributed by atoms with Crippen LogP contribution in [0.4, 0.5) is 13.8 Å². The molecule has 0 saturated heterocycles. The molecule has 1 amide bonds. The van der Waals surface area contributed by atoms with E-state index in [-0.39, 0.29) is 17.1 Å². The number of ether oxygens (including phenoxy) is 2. The summed E-state index contributed by atoms with van der Waals surface area (Å²) in [6.45, 7) is -3.03. The number of nitrogens with one attached hydrogen (secondary N) is 2. The number of nitrogens with zero attached hydrogens (tertiary/aromatic N) is 1. The topological polar surface area (TPSA) is 76.2 Å². The van der Waals surface area contributed by atoms with Crippen LogP contribution in [0.1, 0.15) is 33.6 Å². The van der Waals surface area contributed by atoms with E-state index in [9.17, 15) is 13.6 Å². The zero-order valence-electron chi connectivity index (χ0n) is 17.8. The lowest BCUT2D eigenvalue weighted by Gasteiger charge is -2.12. The Balaban J connectivity index is 1.52. The highest BCUT2D eigenvalue weighted by Crippen LogP contribution is 2.44. The Morgan fingerprint density at radius 3 is 2.76 bits per heavy atom. The first-order valence-electron chi connectivity index (χ1n) is 10.6. The number of anilines is 1. The van der Waals surface area contributed by atoms with E-state index in [1.165, 1.54) is 35.7 Å². The van der Waals surface area contributed by atoms with E-state index in [0.717, 1.165) is 42.3 Å². The van der Waals surface area contributed by atoms with Gasteiger partial charge >= 0.3 is 6.61 Å². The predicted octanol–water partition coefficient (Wildman–Crippen LogP) is 6.03. The van der Waals surface area contributed by atoms with Gasteiger partial charge in [0, 0.05) is 10.4 Å². The van der Waals surface area contributed by atoms with Crippen LogP contribution in [0.15, 0.2) is 42.5 Å². The first-order chi connectivity index (χ1) is 16.0. The molecule has 5 rings (SSSR count). The van der Waals surface area contributed by atoms with Crippen molar-refractivity contribution in [3.8, 4) is 22.9 Å². The number of aromatic amines is 1. The molecule has 2 heterocycles. The van der Waals surface area contributed by atoms with Crippen LogP contribution < -0.4 is 14.8 Å². The summed E-state index contributed by atoms with van der Waals surface area (Å²) < 4.78 is 35.2. The Bertz CT molecular complexity index is 1300. The summed E-state index contributed by atoms with van der Waals surface area (Å²) in [5, 5.41) is 3.67. The van der Waals surface area contributed by atoms with Crippen LogP contribution in [-0.2, 0) is 12.8 Å². The number of imidazole rings is 1. The van der Waals surface area contributed by atoms with Gasteiger partial charge in [0.2, 0.25) is 0 Å². The number of aromatic nitrogens is 2. The highest BCUT2D eigenvalue weighted by atomic mass is 32.1. The Hall–Kier alpha value is -3.46. The number of methoxy groups -OCH3 is 1. The van der Waals surface area contributed by atoms with Crippen molar-refractivity contribution in [2.24, 2.45) is 0 Å². The fourth-order valence-electron chi connectivity index (χ4n) is 4.16. The number of H-pyrrole nitrogens is 1. The molecule has 0 bridgehead atoms. The number of alkyl halides is 2. The van der Waals surface area contributed by atoms with Gasteiger partial charge < -0.3 is 19.8 Å². The van der Waals surface area contributed by atoms with E-state index in [4.69, 9.17) is 9.72 Å². The standard InChI is InChI=1S/C24H21F2N3O3S/c1-31-17-11-10-13(12-18(17)32-24(25)26)22(30)29-23-20(14-6-2-5-9-19(14)33-23)21-27-15-7-3-4-8-16(15)28-21/h3-4,7-8,10-12,24H,2,5-6,9H2,1H3,(H,27,28)(H,29,30). The monoisotopic (exact) mass is 469 g/mol. The molecule has 0 saturated carbocycles. The van der Waals surface area contributed by atoms with Gasteiger partial charge in [0.05, 0.1) is 23.7 Å². The lowest BCUT2D eigenvalue weighted by molar-refractivity contribution is -0.0512. The van der Waals surface area contributed by atoms with Gasteiger partial charge in [0.25, 0.3) is 5.91 Å². The number of para-hydroxylation sites is 2. The van der Waals surface area contributed by atoms with Crippen molar-refractivity contribution in [1.82, 2.24) is 9.97 Å². The number of rotatable bonds is 6. The minimum absolute atomic E-state index is 0.126. The Kier molecular flexibility index (Phi) is 5.72. The Morgan fingerprint density at radius 1 is 1.15 bits per heavy atom. The molecule has 2 aromatic carbocycles. The molecule has 1 aliphatic rings. The van der Waals surface area contributed by atoms with E-state index in [2.05, 4.69) is 15.0 Å². The smallest absolute Gasteiger partial charge is 0.387 e. The van der Waals surface area contributed by atoms with Gasteiger partial charge in [-0.3, -0.25) is 4.79 Å². The number of hydrogen-bond acceptors (Lipinski definition) is 5. The molecule has 0 spiro atoms. The molecule has 0 atom stereocenters. The number of thiophene rings is 1. The third kappa shape index (κ3) is 4.16. The normalized spacial score (nSPS) is 13.2. The molecule has 2 N–H and O–H groups in total. The van der Waals surface area contributed by atoms with Crippen LogP contribution in [0, 0.1) is 0 Å². The maximum Gasteiger partial charge on any atom is 0.387 e. The molecule has 0 unspecified atom stereocenters.